The van der Waals surface area contributed by atoms with E-state index in [1.807, 2.05) is 12.1 Å². The van der Waals surface area contributed by atoms with Crippen molar-refractivity contribution in [1.29, 1.82) is 0 Å². The Morgan fingerprint density at radius 1 is 1.08 bits per heavy atom. The van der Waals surface area contributed by atoms with Gasteiger partial charge in [-0.3, -0.25) is 0 Å². The van der Waals surface area contributed by atoms with Gasteiger partial charge in [-0.25, -0.2) is 4.98 Å². The number of ether oxygens (including phenoxy) is 4. The number of anilines is 2. The molecule has 2 aromatic rings. The Morgan fingerprint density at radius 2 is 1.83 bits per heavy atom. The fraction of sp³-hybridized carbons (Fsp3) is 0.375. The first-order valence-corrected chi connectivity index (χ1v) is 7.70. The van der Waals surface area contributed by atoms with Gasteiger partial charge in [0.05, 0.1) is 26.0 Å². The van der Waals surface area contributed by atoms with E-state index in [0.717, 1.165) is 24.5 Å². The van der Waals surface area contributed by atoms with E-state index in [-0.39, 0.29) is 12.7 Å². The lowest BCUT2D eigenvalue weighted by Crippen LogP contribution is -2.36. The molecule has 0 radical (unpaired) electrons. The number of benzene rings is 1. The molecule has 1 aromatic carbocycles. The van der Waals surface area contributed by atoms with Crippen LogP contribution in [0, 0.1) is 0 Å². The maximum atomic E-state index is 5.93. The number of nitrogens with two attached hydrogens (primary N) is 1. The van der Waals surface area contributed by atoms with Crippen LogP contribution >= 0.6 is 0 Å². The summed E-state index contributed by atoms with van der Waals surface area (Å²) in [6.07, 6.45) is 0. The standard InChI is InChI=1S/C16H18N4O4/c1-21-12-8-14-13(23-9-24-14)6-10(12)11-7-15(19-16(17)18-11)20-2-4-22-5-3-20/h6-8H,2-5,9H2,1H3,(H2,17,18,19). The van der Waals surface area contributed by atoms with Crippen molar-refractivity contribution >= 4 is 11.8 Å². The number of aromatic nitrogens is 2. The van der Waals surface area contributed by atoms with Gasteiger partial charge in [0.25, 0.3) is 0 Å². The maximum Gasteiger partial charge on any atom is 0.231 e. The zero-order valence-electron chi connectivity index (χ0n) is 13.3. The highest BCUT2D eigenvalue weighted by Crippen LogP contribution is 2.42. The third-order valence-electron chi connectivity index (χ3n) is 4.04. The molecule has 8 nitrogen and oxygen atoms in total. The summed E-state index contributed by atoms with van der Waals surface area (Å²) in [7, 11) is 1.61. The van der Waals surface area contributed by atoms with Gasteiger partial charge in [0.2, 0.25) is 12.7 Å². The van der Waals surface area contributed by atoms with Crippen molar-refractivity contribution in [2.75, 3.05) is 50.8 Å². The van der Waals surface area contributed by atoms with Crippen molar-refractivity contribution in [3.8, 4) is 28.5 Å². The van der Waals surface area contributed by atoms with Crippen LogP contribution in [-0.4, -0.2) is 50.2 Å². The average molecular weight is 330 g/mol. The molecule has 1 saturated heterocycles. The first-order valence-electron chi connectivity index (χ1n) is 7.70. The van der Waals surface area contributed by atoms with Gasteiger partial charge in [0, 0.05) is 30.8 Å². The molecule has 3 heterocycles. The van der Waals surface area contributed by atoms with Crippen molar-refractivity contribution in [2.24, 2.45) is 0 Å². The average Bonchev–Trinajstić information content (AvgIpc) is 3.08. The van der Waals surface area contributed by atoms with Gasteiger partial charge in [-0.05, 0) is 6.07 Å². The number of hydrogen-bond acceptors (Lipinski definition) is 8. The summed E-state index contributed by atoms with van der Waals surface area (Å²) in [5.74, 6) is 2.96. The molecule has 0 bridgehead atoms. The third-order valence-corrected chi connectivity index (χ3v) is 4.04. The topological polar surface area (TPSA) is 92.0 Å². The molecule has 8 heteroatoms. The molecule has 2 N–H and O–H groups in total. The predicted molar refractivity (Wildman–Crippen MR) is 87.6 cm³/mol. The lowest BCUT2D eigenvalue weighted by Gasteiger charge is -2.28. The molecule has 2 aliphatic heterocycles. The lowest BCUT2D eigenvalue weighted by atomic mass is 10.1. The number of fused-ring (bicyclic) bond motifs is 1. The monoisotopic (exact) mass is 330 g/mol. The highest BCUT2D eigenvalue weighted by molar-refractivity contribution is 5.74. The first-order chi connectivity index (χ1) is 11.7. The van der Waals surface area contributed by atoms with E-state index in [9.17, 15) is 0 Å². The quantitative estimate of drug-likeness (QED) is 0.900. The van der Waals surface area contributed by atoms with Crippen LogP contribution in [0.4, 0.5) is 11.8 Å². The first kappa shape index (κ1) is 14.8. The van der Waals surface area contributed by atoms with Crippen LogP contribution in [0.2, 0.25) is 0 Å². The van der Waals surface area contributed by atoms with Gasteiger partial charge in [-0.1, -0.05) is 0 Å². The van der Waals surface area contributed by atoms with Crippen LogP contribution in [0.1, 0.15) is 0 Å². The summed E-state index contributed by atoms with van der Waals surface area (Å²) in [6.45, 7) is 3.09. The summed E-state index contributed by atoms with van der Waals surface area (Å²) in [5.41, 5.74) is 7.39. The summed E-state index contributed by atoms with van der Waals surface area (Å²) >= 11 is 0. The smallest absolute Gasteiger partial charge is 0.231 e. The van der Waals surface area contributed by atoms with Crippen LogP contribution in [-0.2, 0) is 4.74 Å². The van der Waals surface area contributed by atoms with E-state index in [4.69, 9.17) is 24.7 Å². The second kappa shape index (κ2) is 6.04. The molecule has 0 atom stereocenters. The molecule has 1 fully saturated rings. The molecule has 126 valence electrons. The Bertz CT molecular complexity index is 762. The summed E-state index contributed by atoms with van der Waals surface area (Å²) in [6, 6.07) is 5.55. The van der Waals surface area contributed by atoms with E-state index >= 15 is 0 Å². The number of hydrogen-bond donors (Lipinski definition) is 1. The Hall–Kier alpha value is -2.74. The van der Waals surface area contributed by atoms with Crippen molar-refractivity contribution in [1.82, 2.24) is 9.97 Å². The molecule has 24 heavy (non-hydrogen) atoms. The number of rotatable bonds is 3. The van der Waals surface area contributed by atoms with Gasteiger partial charge < -0.3 is 29.6 Å². The maximum absolute atomic E-state index is 5.93. The predicted octanol–water partition coefficient (Wildman–Crippen LogP) is 1.30. The molecule has 0 unspecified atom stereocenters. The highest BCUT2D eigenvalue weighted by atomic mass is 16.7. The molecule has 0 aliphatic carbocycles. The Labute approximate surface area is 139 Å². The Balaban J connectivity index is 1.77. The minimum atomic E-state index is 0.201. The third kappa shape index (κ3) is 2.65. The van der Waals surface area contributed by atoms with Crippen LogP contribution in [0.3, 0.4) is 0 Å². The molecule has 2 aliphatic rings. The number of methoxy groups -OCH3 is 1. The van der Waals surface area contributed by atoms with Crippen molar-refractivity contribution in [3.63, 3.8) is 0 Å². The van der Waals surface area contributed by atoms with E-state index < -0.39 is 0 Å². The second-order valence-corrected chi connectivity index (χ2v) is 5.47. The minimum Gasteiger partial charge on any atom is -0.496 e. The van der Waals surface area contributed by atoms with Crippen molar-refractivity contribution in [2.45, 2.75) is 0 Å². The van der Waals surface area contributed by atoms with Gasteiger partial charge in [0.15, 0.2) is 11.5 Å². The molecular weight excluding hydrogens is 312 g/mol. The molecule has 4 rings (SSSR count). The molecule has 0 spiro atoms. The summed E-state index contributed by atoms with van der Waals surface area (Å²) in [4.78, 5) is 10.8. The fourth-order valence-electron chi connectivity index (χ4n) is 2.84. The van der Waals surface area contributed by atoms with Gasteiger partial charge in [-0.2, -0.15) is 4.98 Å². The zero-order valence-corrected chi connectivity index (χ0v) is 13.3. The second-order valence-electron chi connectivity index (χ2n) is 5.47. The SMILES string of the molecule is COc1cc2c(cc1-c1cc(N3CCOCC3)nc(N)n1)OCO2. The number of morpholine rings is 1. The van der Waals surface area contributed by atoms with Gasteiger partial charge >= 0.3 is 0 Å². The van der Waals surface area contributed by atoms with Crippen LogP contribution in [0.5, 0.6) is 17.2 Å². The van der Waals surface area contributed by atoms with E-state index in [0.29, 0.717) is 36.2 Å². The minimum absolute atomic E-state index is 0.201. The Morgan fingerprint density at radius 3 is 2.58 bits per heavy atom. The lowest BCUT2D eigenvalue weighted by molar-refractivity contribution is 0.122. The van der Waals surface area contributed by atoms with Crippen LogP contribution in [0.25, 0.3) is 11.3 Å². The molecule has 0 saturated carbocycles. The van der Waals surface area contributed by atoms with E-state index in [1.165, 1.54) is 0 Å². The Kier molecular flexibility index (Phi) is 3.73. The zero-order chi connectivity index (χ0) is 16.5. The molecule has 0 amide bonds. The molecular formula is C16H18N4O4. The van der Waals surface area contributed by atoms with Crippen LogP contribution < -0.4 is 24.8 Å². The van der Waals surface area contributed by atoms with Crippen molar-refractivity contribution < 1.29 is 18.9 Å². The van der Waals surface area contributed by atoms with E-state index in [2.05, 4.69) is 14.9 Å². The fourth-order valence-corrected chi connectivity index (χ4v) is 2.84. The van der Waals surface area contributed by atoms with Gasteiger partial charge in [-0.15, -0.1) is 0 Å². The molecule has 1 aromatic heterocycles. The number of nitrogens with zero attached hydrogens (tertiary/aromatic N) is 3. The van der Waals surface area contributed by atoms with E-state index in [1.54, 1.807) is 13.2 Å². The largest absolute Gasteiger partial charge is 0.496 e. The highest BCUT2D eigenvalue weighted by Gasteiger charge is 2.21. The van der Waals surface area contributed by atoms with Gasteiger partial charge in [0.1, 0.15) is 11.6 Å². The summed E-state index contributed by atoms with van der Waals surface area (Å²) in [5, 5.41) is 0. The van der Waals surface area contributed by atoms with Crippen LogP contribution in [0.15, 0.2) is 18.2 Å². The summed E-state index contributed by atoms with van der Waals surface area (Å²) < 4.78 is 21.7. The van der Waals surface area contributed by atoms with Crippen molar-refractivity contribution in [3.05, 3.63) is 18.2 Å². The number of nitrogen functional groups attached to an aromatic ring is 1. The normalized spacial score (nSPS) is 16.3.